The van der Waals surface area contributed by atoms with Crippen molar-refractivity contribution in [1.82, 2.24) is 0 Å². The normalized spacial score (nSPS) is 19.0. The van der Waals surface area contributed by atoms with E-state index in [9.17, 15) is 9.90 Å². The highest BCUT2D eigenvalue weighted by Gasteiger charge is 2.36. The van der Waals surface area contributed by atoms with Crippen LogP contribution in [0, 0.1) is 0 Å². The van der Waals surface area contributed by atoms with Crippen LogP contribution in [-0.2, 0) is 4.79 Å². The van der Waals surface area contributed by atoms with Crippen molar-refractivity contribution in [3.63, 3.8) is 0 Å². The molecule has 3 aromatic rings. The van der Waals surface area contributed by atoms with Crippen LogP contribution in [0.2, 0.25) is 0 Å². The fourth-order valence-electron chi connectivity index (χ4n) is 4.96. The number of nitrogens with one attached hydrogen (secondary N) is 2. The summed E-state index contributed by atoms with van der Waals surface area (Å²) in [7, 11) is 4.73. The van der Waals surface area contributed by atoms with Crippen LogP contribution in [0.1, 0.15) is 35.9 Å². The van der Waals surface area contributed by atoms with Crippen molar-refractivity contribution in [2.45, 2.75) is 24.8 Å². The number of Topliss-reactive ketones (excluding diaryl/α,β-unsaturated/α-hetero) is 1. The van der Waals surface area contributed by atoms with Gasteiger partial charge in [0.1, 0.15) is 0 Å². The largest absolute Gasteiger partial charge is 0.504 e. The molecular weight excluding hydrogens is 444 g/mol. The Kier molecular flexibility index (Phi) is 5.99. The van der Waals surface area contributed by atoms with E-state index in [4.69, 9.17) is 14.2 Å². The summed E-state index contributed by atoms with van der Waals surface area (Å²) in [6, 6.07) is 18.5. The lowest BCUT2D eigenvalue weighted by Gasteiger charge is -2.30. The number of ketones is 1. The van der Waals surface area contributed by atoms with Crippen molar-refractivity contribution in [2.75, 3.05) is 32.0 Å². The number of fused-ring (bicyclic) bond motifs is 1. The molecular formula is C28H28N2O5. The maximum atomic E-state index is 13.7. The first-order valence-corrected chi connectivity index (χ1v) is 11.5. The van der Waals surface area contributed by atoms with E-state index in [0.29, 0.717) is 35.7 Å². The van der Waals surface area contributed by atoms with Gasteiger partial charge in [0.2, 0.25) is 0 Å². The van der Waals surface area contributed by atoms with Gasteiger partial charge < -0.3 is 30.0 Å². The average Bonchev–Trinajstić information content (AvgIpc) is 3.05. The molecule has 0 saturated carbocycles. The van der Waals surface area contributed by atoms with Gasteiger partial charge in [-0.05, 0) is 59.9 Å². The molecule has 7 nitrogen and oxygen atoms in total. The molecule has 0 saturated heterocycles. The van der Waals surface area contributed by atoms with Gasteiger partial charge in [0.05, 0.1) is 38.7 Å². The van der Waals surface area contributed by atoms with Crippen molar-refractivity contribution < 1.29 is 24.1 Å². The minimum atomic E-state index is -0.394. The summed E-state index contributed by atoms with van der Waals surface area (Å²) >= 11 is 0. The third-order valence-electron chi connectivity index (χ3n) is 6.73. The van der Waals surface area contributed by atoms with E-state index in [1.165, 1.54) is 7.11 Å². The van der Waals surface area contributed by atoms with Crippen molar-refractivity contribution in [3.8, 4) is 23.0 Å². The fourth-order valence-corrected chi connectivity index (χ4v) is 4.96. The molecule has 0 fully saturated rings. The number of para-hydroxylation sites is 2. The predicted molar refractivity (Wildman–Crippen MR) is 135 cm³/mol. The van der Waals surface area contributed by atoms with Crippen molar-refractivity contribution in [1.29, 1.82) is 0 Å². The molecule has 0 spiro atoms. The predicted octanol–water partition coefficient (Wildman–Crippen LogP) is 5.40. The van der Waals surface area contributed by atoms with Crippen LogP contribution >= 0.6 is 0 Å². The molecule has 1 aliphatic carbocycles. The van der Waals surface area contributed by atoms with Gasteiger partial charge in [-0.25, -0.2) is 0 Å². The van der Waals surface area contributed by atoms with Crippen LogP contribution in [0.3, 0.4) is 0 Å². The lowest BCUT2D eigenvalue weighted by atomic mass is 9.78. The number of carbonyl (C=O) groups is 1. The number of methoxy groups -OCH3 is 3. The maximum Gasteiger partial charge on any atom is 0.163 e. The molecule has 5 rings (SSSR count). The first-order valence-electron chi connectivity index (χ1n) is 11.5. The third-order valence-corrected chi connectivity index (χ3v) is 6.73. The maximum absolute atomic E-state index is 13.7. The summed E-state index contributed by atoms with van der Waals surface area (Å²) in [5.74, 6) is 1.78. The first kappa shape index (κ1) is 22.7. The molecule has 2 unspecified atom stereocenters. The topological polar surface area (TPSA) is 89.1 Å². The highest BCUT2D eigenvalue weighted by atomic mass is 16.5. The molecule has 35 heavy (non-hydrogen) atoms. The number of ether oxygens (including phenoxy) is 3. The monoisotopic (exact) mass is 472 g/mol. The Labute approximate surface area is 204 Å². The summed E-state index contributed by atoms with van der Waals surface area (Å²) in [5, 5.41) is 17.2. The Bertz CT molecular complexity index is 1320. The molecule has 2 atom stereocenters. The third kappa shape index (κ3) is 4.14. The van der Waals surface area contributed by atoms with E-state index in [1.54, 1.807) is 26.4 Å². The highest BCUT2D eigenvalue weighted by molar-refractivity contribution is 6.01. The molecule has 0 bridgehead atoms. The van der Waals surface area contributed by atoms with Crippen LogP contribution in [0.25, 0.3) is 0 Å². The van der Waals surface area contributed by atoms with Crippen LogP contribution in [-0.4, -0.2) is 32.2 Å². The van der Waals surface area contributed by atoms with Gasteiger partial charge in [0.15, 0.2) is 28.8 Å². The zero-order valence-corrected chi connectivity index (χ0v) is 19.9. The van der Waals surface area contributed by atoms with Crippen LogP contribution in [0.15, 0.2) is 71.9 Å². The smallest absolute Gasteiger partial charge is 0.163 e. The average molecular weight is 473 g/mol. The number of allylic oxidation sites excluding steroid dienone is 1. The number of aromatic hydroxyl groups is 1. The number of hydrogen-bond acceptors (Lipinski definition) is 7. The van der Waals surface area contributed by atoms with E-state index in [2.05, 4.69) is 10.6 Å². The van der Waals surface area contributed by atoms with Gasteiger partial charge in [0, 0.05) is 17.7 Å². The molecule has 0 aromatic heterocycles. The standard InChI is InChI=1S/C28H28N2O5/c1-33-24-11-9-16(14-26(24)35-3)18-12-21-27(23(32)13-18)28(17-8-10-22(31)25(15-17)34-2)30-20-7-5-4-6-19(20)29-21/h4-11,14-15,18,28-31H,12-13H2,1-3H3. The number of anilines is 2. The molecule has 3 aromatic carbocycles. The molecule has 0 radical (unpaired) electrons. The molecule has 1 heterocycles. The van der Waals surface area contributed by atoms with E-state index >= 15 is 0 Å². The number of carbonyl (C=O) groups excluding carboxylic acids is 1. The second-order valence-electron chi connectivity index (χ2n) is 8.71. The van der Waals surface area contributed by atoms with Crippen LogP contribution < -0.4 is 24.8 Å². The van der Waals surface area contributed by atoms with Crippen molar-refractivity contribution in [2.24, 2.45) is 0 Å². The van der Waals surface area contributed by atoms with Crippen LogP contribution in [0.5, 0.6) is 23.0 Å². The molecule has 180 valence electrons. The highest BCUT2D eigenvalue weighted by Crippen LogP contribution is 2.46. The lowest BCUT2D eigenvalue weighted by molar-refractivity contribution is -0.116. The molecule has 7 heteroatoms. The zero-order valence-electron chi connectivity index (χ0n) is 19.9. The molecule has 0 amide bonds. The molecule has 3 N–H and O–H groups in total. The Morgan fingerprint density at radius 1 is 0.800 bits per heavy atom. The first-order chi connectivity index (χ1) is 17.0. The van der Waals surface area contributed by atoms with Gasteiger partial charge in [-0.15, -0.1) is 0 Å². The minimum Gasteiger partial charge on any atom is -0.504 e. The number of phenols is 1. The van der Waals surface area contributed by atoms with E-state index < -0.39 is 6.04 Å². The lowest BCUT2D eigenvalue weighted by Crippen LogP contribution is -2.26. The second-order valence-corrected chi connectivity index (χ2v) is 8.71. The van der Waals surface area contributed by atoms with Gasteiger partial charge in [-0.2, -0.15) is 0 Å². The van der Waals surface area contributed by atoms with Gasteiger partial charge in [-0.3, -0.25) is 4.79 Å². The summed E-state index contributed by atoms with van der Waals surface area (Å²) in [5.41, 5.74) is 5.26. The summed E-state index contributed by atoms with van der Waals surface area (Å²) in [6.45, 7) is 0. The Morgan fingerprint density at radius 3 is 2.23 bits per heavy atom. The number of hydrogen-bond donors (Lipinski definition) is 3. The fraction of sp³-hybridized carbons (Fsp3) is 0.250. The van der Waals surface area contributed by atoms with Crippen molar-refractivity contribution >= 4 is 17.2 Å². The van der Waals surface area contributed by atoms with Crippen LogP contribution in [0.4, 0.5) is 11.4 Å². The Morgan fingerprint density at radius 2 is 1.49 bits per heavy atom. The Hall–Kier alpha value is -4.13. The van der Waals surface area contributed by atoms with E-state index in [0.717, 1.165) is 28.2 Å². The summed E-state index contributed by atoms with van der Waals surface area (Å²) in [6.07, 6.45) is 1.04. The van der Waals surface area contributed by atoms with E-state index in [-0.39, 0.29) is 17.5 Å². The van der Waals surface area contributed by atoms with E-state index in [1.807, 2.05) is 48.5 Å². The zero-order chi connectivity index (χ0) is 24.5. The van der Waals surface area contributed by atoms with Gasteiger partial charge in [0.25, 0.3) is 0 Å². The number of benzene rings is 3. The van der Waals surface area contributed by atoms with Crippen molar-refractivity contribution in [3.05, 3.63) is 83.1 Å². The molecule has 2 aliphatic rings. The van der Waals surface area contributed by atoms with Gasteiger partial charge in [-0.1, -0.05) is 24.3 Å². The number of phenolic OH excluding ortho intramolecular Hbond substituents is 1. The summed E-state index contributed by atoms with van der Waals surface area (Å²) < 4.78 is 16.2. The quantitative estimate of drug-likeness (QED) is 0.458. The number of rotatable bonds is 5. The van der Waals surface area contributed by atoms with Gasteiger partial charge >= 0.3 is 0 Å². The minimum absolute atomic E-state index is 0.00572. The SMILES string of the molecule is COc1cc(C2Nc3ccccc3NC3=C2C(=O)CC(c2ccc(OC)c(OC)c2)C3)ccc1O. The summed E-state index contributed by atoms with van der Waals surface area (Å²) in [4.78, 5) is 13.7. The second kappa shape index (κ2) is 9.25. The Balaban J connectivity index is 1.59. The molecule has 1 aliphatic heterocycles.